The minimum Gasteiger partial charge on any atom is -0.366 e. The van der Waals surface area contributed by atoms with Crippen molar-refractivity contribution < 1.29 is 9.72 Å². The number of nitrogens with zero attached hydrogens (tertiary/aromatic N) is 2. The summed E-state index contributed by atoms with van der Waals surface area (Å²) < 4.78 is 0. The van der Waals surface area contributed by atoms with Gasteiger partial charge in [-0.05, 0) is 66.1 Å². The van der Waals surface area contributed by atoms with Gasteiger partial charge in [0.25, 0.3) is 0 Å². The second-order valence-corrected chi connectivity index (χ2v) is 10.0. The molecular formula is C26H33N3O3. The van der Waals surface area contributed by atoms with E-state index < -0.39 is 11.4 Å². The number of carbonyl (C=O) groups is 1. The third kappa shape index (κ3) is 4.16. The Labute approximate surface area is 190 Å². The summed E-state index contributed by atoms with van der Waals surface area (Å²) in [6.45, 7) is 7.31. The van der Waals surface area contributed by atoms with Crippen LogP contribution in [0.4, 0.5) is 0 Å². The van der Waals surface area contributed by atoms with Gasteiger partial charge in [-0.1, -0.05) is 50.2 Å². The lowest BCUT2D eigenvalue weighted by atomic mass is 9.67. The zero-order valence-electron chi connectivity index (χ0n) is 19.0. The molecule has 1 fully saturated rings. The van der Waals surface area contributed by atoms with Gasteiger partial charge in [-0.3, -0.25) is 14.9 Å². The minimum atomic E-state index is -0.852. The summed E-state index contributed by atoms with van der Waals surface area (Å²) in [6.07, 6.45) is 3.51. The molecule has 2 N–H and O–H groups in total. The molecular weight excluding hydrogens is 402 g/mol. The van der Waals surface area contributed by atoms with Crippen LogP contribution in [0.3, 0.4) is 0 Å². The zero-order chi connectivity index (χ0) is 22.9. The van der Waals surface area contributed by atoms with E-state index in [9.17, 15) is 14.9 Å². The third-order valence-corrected chi connectivity index (χ3v) is 8.03. The van der Waals surface area contributed by atoms with Gasteiger partial charge in [-0.25, -0.2) is 0 Å². The van der Waals surface area contributed by atoms with E-state index in [2.05, 4.69) is 24.8 Å². The lowest BCUT2D eigenvalue weighted by Gasteiger charge is -2.45. The molecule has 2 aromatic carbocycles. The molecule has 32 heavy (non-hydrogen) atoms. The molecule has 4 rings (SSSR count). The summed E-state index contributed by atoms with van der Waals surface area (Å²) >= 11 is 0. The predicted molar refractivity (Wildman–Crippen MR) is 125 cm³/mol. The van der Waals surface area contributed by atoms with E-state index >= 15 is 0 Å². The summed E-state index contributed by atoms with van der Waals surface area (Å²) in [6, 6.07) is 15.7. The predicted octanol–water partition coefficient (Wildman–Crippen LogP) is 3.98. The first-order valence-corrected chi connectivity index (χ1v) is 11.6. The monoisotopic (exact) mass is 435 g/mol. The number of carbonyl (C=O) groups excluding carboxylic acids is 1. The Bertz CT molecular complexity index is 996. The number of fused-ring (bicyclic) bond motifs is 1. The summed E-state index contributed by atoms with van der Waals surface area (Å²) in [5.41, 5.74) is 8.59. The van der Waals surface area contributed by atoms with Gasteiger partial charge in [-0.15, -0.1) is 0 Å². The van der Waals surface area contributed by atoms with E-state index in [1.807, 2.05) is 36.4 Å². The van der Waals surface area contributed by atoms with Gasteiger partial charge in [0.2, 0.25) is 11.4 Å². The highest BCUT2D eigenvalue weighted by Gasteiger charge is 2.47. The molecule has 1 amide bonds. The highest BCUT2D eigenvalue weighted by molar-refractivity contribution is 5.92. The minimum absolute atomic E-state index is 0.0168. The van der Waals surface area contributed by atoms with Crippen molar-refractivity contribution in [1.82, 2.24) is 4.90 Å². The summed E-state index contributed by atoms with van der Waals surface area (Å²) in [5.74, 6) is 0.00825. The Morgan fingerprint density at radius 2 is 1.88 bits per heavy atom. The van der Waals surface area contributed by atoms with Crippen molar-refractivity contribution in [3.05, 3.63) is 80.9 Å². The SMILES string of the molecule is C[C@H]1CN(CCCC2([N+](=O)[O-])Cc3ccccc3C2)CC[C@]1(C)c1cccc(C(N)=O)c1. The molecule has 1 aliphatic heterocycles. The molecule has 1 heterocycles. The number of amides is 1. The Balaban J connectivity index is 1.36. The smallest absolute Gasteiger partial charge is 0.248 e. The van der Waals surface area contributed by atoms with Gasteiger partial charge in [0.1, 0.15) is 0 Å². The van der Waals surface area contributed by atoms with Gasteiger partial charge in [0, 0.05) is 36.3 Å². The van der Waals surface area contributed by atoms with Crippen LogP contribution in [0, 0.1) is 16.0 Å². The van der Waals surface area contributed by atoms with E-state index in [-0.39, 0.29) is 10.3 Å². The quantitative estimate of drug-likeness (QED) is 0.526. The van der Waals surface area contributed by atoms with Crippen LogP contribution in [0.15, 0.2) is 48.5 Å². The molecule has 2 aliphatic rings. The molecule has 2 atom stereocenters. The van der Waals surface area contributed by atoms with Crippen LogP contribution < -0.4 is 5.73 Å². The van der Waals surface area contributed by atoms with E-state index in [4.69, 9.17) is 5.73 Å². The third-order valence-electron chi connectivity index (χ3n) is 8.03. The lowest BCUT2D eigenvalue weighted by molar-refractivity contribution is -0.569. The van der Waals surface area contributed by atoms with Crippen LogP contribution in [0.1, 0.15) is 60.2 Å². The first kappa shape index (κ1) is 22.5. The van der Waals surface area contributed by atoms with Crippen LogP contribution >= 0.6 is 0 Å². The van der Waals surface area contributed by atoms with Gasteiger partial charge in [-0.2, -0.15) is 0 Å². The number of hydrogen-bond donors (Lipinski definition) is 1. The number of hydrogen-bond acceptors (Lipinski definition) is 4. The number of rotatable bonds is 7. The molecule has 2 aromatic rings. The second kappa shape index (κ2) is 8.66. The molecule has 0 unspecified atom stereocenters. The fourth-order valence-electron chi connectivity index (χ4n) is 5.68. The molecule has 170 valence electrons. The first-order valence-electron chi connectivity index (χ1n) is 11.6. The van der Waals surface area contributed by atoms with Crippen molar-refractivity contribution in [2.75, 3.05) is 19.6 Å². The van der Waals surface area contributed by atoms with E-state index in [1.54, 1.807) is 6.07 Å². The summed E-state index contributed by atoms with van der Waals surface area (Å²) in [5, 5.41) is 12.0. The maximum absolute atomic E-state index is 12.0. The van der Waals surface area contributed by atoms with Crippen molar-refractivity contribution in [3.63, 3.8) is 0 Å². The Hall–Kier alpha value is -2.73. The van der Waals surface area contributed by atoms with Crippen molar-refractivity contribution in [1.29, 1.82) is 0 Å². The largest absolute Gasteiger partial charge is 0.366 e. The topological polar surface area (TPSA) is 89.5 Å². The maximum atomic E-state index is 12.0. The van der Waals surface area contributed by atoms with Crippen molar-refractivity contribution in [2.45, 2.75) is 56.9 Å². The van der Waals surface area contributed by atoms with Crippen LogP contribution in [0.25, 0.3) is 0 Å². The lowest BCUT2D eigenvalue weighted by Crippen LogP contribution is -2.48. The molecule has 0 radical (unpaired) electrons. The fraction of sp³-hybridized carbons (Fsp3) is 0.500. The van der Waals surface area contributed by atoms with Crippen LogP contribution in [-0.2, 0) is 18.3 Å². The molecule has 6 heteroatoms. The standard InChI is InChI=1S/C26H33N3O3/c1-19-18-28(14-12-25(19,2)23-10-5-9-20(15-23)24(27)30)13-6-11-26(29(31)32)16-21-7-3-4-8-22(21)17-26/h3-5,7-10,15,19H,6,11-14,16-18H2,1-2H3,(H2,27,30)/t19-,25-/m0/s1. The number of benzene rings is 2. The van der Waals surface area contributed by atoms with Gasteiger partial charge in [0.15, 0.2) is 0 Å². The molecule has 0 saturated carbocycles. The van der Waals surface area contributed by atoms with E-state index in [0.29, 0.717) is 30.7 Å². The molecule has 0 spiro atoms. The van der Waals surface area contributed by atoms with Crippen LogP contribution in [0.5, 0.6) is 0 Å². The maximum Gasteiger partial charge on any atom is 0.248 e. The average Bonchev–Trinajstić information content (AvgIpc) is 3.16. The summed E-state index contributed by atoms with van der Waals surface area (Å²) in [7, 11) is 0. The zero-order valence-corrected chi connectivity index (χ0v) is 19.0. The molecule has 6 nitrogen and oxygen atoms in total. The Morgan fingerprint density at radius 3 is 2.47 bits per heavy atom. The molecule has 0 bridgehead atoms. The average molecular weight is 436 g/mol. The van der Waals surface area contributed by atoms with Gasteiger partial charge >= 0.3 is 0 Å². The number of likely N-dealkylation sites (tertiary alicyclic amines) is 1. The van der Waals surface area contributed by atoms with E-state index in [0.717, 1.165) is 49.2 Å². The summed E-state index contributed by atoms with van der Waals surface area (Å²) in [4.78, 5) is 26.0. The molecule has 1 aliphatic carbocycles. The van der Waals surface area contributed by atoms with Crippen molar-refractivity contribution in [3.8, 4) is 0 Å². The highest BCUT2D eigenvalue weighted by Crippen LogP contribution is 2.40. The number of nitro groups is 1. The van der Waals surface area contributed by atoms with Crippen LogP contribution in [-0.4, -0.2) is 40.9 Å². The van der Waals surface area contributed by atoms with E-state index in [1.165, 1.54) is 0 Å². The normalized spacial score (nSPS) is 24.8. The Kier molecular flexibility index (Phi) is 6.08. The number of piperidine rings is 1. The van der Waals surface area contributed by atoms with Gasteiger partial charge < -0.3 is 10.6 Å². The second-order valence-electron chi connectivity index (χ2n) is 10.0. The Morgan fingerprint density at radius 1 is 1.19 bits per heavy atom. The highest BCUT2D eigenvalue weighted by atomic mass is 16.6. The number of primary amides is 1. The van der Waals surface area contributed by atoms with Crippen molar-refractivity contribution in [2.24, 2.45) is 11.7 Å². The first-order chi connectivity index (χ1) is 15.2. The fourth-order valence-corrected chi connectivity index (χ4v) is 5.68. The molecule has 1 saturated heterocycles. The van der Waals surface area contributed by atoms with Crippen molar-refractivity contribution >= 4 is 5.91 Å². The number of nitrogens with two attached hydrogens (primary N) is 1. The molecule has 0 aromatic heterocycles. The van der Waals surface area contributed by atoms with Gasteiger partial charge in [0.05, 0.1) is 0 Å². The van der Waals surface area contributed by atoms with Crippen LogP contribution in [0.2, 0.25) is 0 Å².